The summed E-state index contributed by atoms with van der Waals surface area (Å²) >= 11 is 0. The Morgan fingerprint density at radius 1 is 1.13 bits per heavy atom. The minimum atomic E-state index is -0.119. The molecule has 5 nitrogen and oxygen atoms in total. The molecule has 1 saturated carbocycles. The molecule has 2 aliphatic rings. The van der Waals surface area contributed by atoms with E-state index in [4.69, 9.17) is 0 Å². The van der Waals surface area contributed by atoms with Gasteiger partial charge in [-0.15, -0.1) is 0 Å². The molecule has 2 amide bonds. The Balaban J connectivity index is 1.54. The van der Waals surface area contributed by atoms with Crippen LogP contribution >= 0.6 is 0 Å². The summed E-state index contributed by atoms with van der Waals surface area (Å²) in [6, 6.07) is 7.98. The third kappa shape index (κ3) is 3.72. The molecule has 3 rings (SSSR count). The van der Waals surface area contributed by atoms with Gasteiger partial charge in [-0.05, 0) is 38.3 Å². The Labute approximate surface area is 137 Å². The van der Waals surface area contributed by atoms with Gasteiger partial charge in [0.05, 0.1) is 6.04 Å². The molecule has 1 atom stereocenters. The van der Waals surface area contributed by atoms with Gasteiger partial charge >= 0.3 is 0 Å². The number of nitrogens with zero attached hydrogens (tertiary/aromatic N) is 2. The van der Waals surface area contributed by atoms with Gasteiger partial charge in [-0.25, -0.2) is 0 Å². The number of piperazine rings is 1. The first-order chi connectivity index (χ1) is 11.1. The van der Waals surface area contributed by atoms with Crippen molar-refractivity contribution in [1.29, 1.82) is 0 Å². The van der Waals surface area contributed by atoms with E-state index in [-0.39, 0.29) is 17.9 Å². The second-order valence-corrected chi connectivity index (χ2v) is 6.60. The highest BCUT2D eigenvalue weighted by Crippen LogP contribution is 2.19. The summed E-state index contributed by atoms with van der Waals surface area (Å²) in [5.41, 5.74) is 1.79. The van der Waals surface area contributed by atoms with Crippen LogP contribution in [-0.2, 0) is 4.79 Å². The molecule has 1 N–H and O–H groups in total. The van der Waals surface area contributed by atoms with Gasteiger partial charge in [-0.1, -0.05) is 18.2 Å². The molecule has 5 heteroatoms. The Kier molecular flexibility index (Phi) is 4.66. The predicted octanol–water partition coefficient (Wildman–Crippen LogP) is 1.42. The van der Waals surface area contributed by atoms with Crippen molar-refractivity contribution in [3.05, 3.63) is 35.4 Å². The molecule has 1 heterocycles. The highest BCUT2D eigenvalue weighted by molar-refractivity contribution is 5.95. The van der Waals surface area contributed by atoms with Crippen LogP contribution in [0.5, 0.6) is 0 Å². The van der Waals surface area contributed by atoms with Crippen molar-refractivity contribution < 1.29 is 9.59 Å². The van der Waals surface area contributed by atoms with E-state index in [1.807, 2.05) is 43.0 Å². The van der Waals surface area contributed by atoms with E-state index in [0.29, 0.717) is 19.1 Å². The number of rotatable bonds is 4. The van der Waals surface area contributed by atoms with Crippen molar-refractivity contribution in [2.24, 2.45) is 0 Å². The molecule has 1 aromatic rings. The van der Waals surface area contributed by atoms with Crippen molar-refractivity contribution in [2.45, 2.75) is 38.8 Å². The Morgan fingerprint density at radius 2 is 1.78 bits per heavy atom. The van der Waals surface area contributed by atoms with Crippen LogP contribution in [0.25, 0.3) is 0 Å². The summed E-state index contributed by atoms with van der Waals surface area (Å²) in [4.78, 5) is 28.8. The van der Waals surface area contributed by atoms with Crippen LogP contribution in [0, 0.1) is 6.92 Å². The van der Waals surface area contributed by atoms with Crippen LogP contribution in [0.2, 0.25) is 0 Å². The van der Waals surface area contributed by atoms with Crippen molar-refractivity contribution >= 4 is 11.8 Å². The molecule has 1 aliphatic carbocycles. The van der Waals surface area contributed by atoms with Crippen LogP contribution in [0.1, 0.15) is 35.7 Å². The lowest BCUT2D eigenvalue weighted by Gasteiger charge is -2.37. The first-order valence-corrected chi connectivity index (χ1v) is 8.45. The molecular formula is C18H25N3O2. The molecule has 1 aliphatic heterocycles. The first-order valence-electron chi connectivity index (χ1n) is 8.45. The van der Waals surface area contributed by atoms with Gasteiger partial charge in [-0.2, -0.15) is 0 Å². The third-order valence-corrected chi connectivity index (χ3v) is 4.83. The van der Waals surface area contributed by atoms with Crippen molar-refractivity contribution in [3.8, 4) is 0 Å². The average Bonchev–Trinajstić information content (AvgIpc) is 3.38. The van der Waals surface area contributed by atoms with Crippen LogP contribution in [0.3, 0.4) is 0 Å². The minimum absolute atomic E-state index is 0.0952. The minimum Gasteiger partial charge on any atom is -0.352 e. The van der Waals surface area contributed by atoms with E-state index in [0.717, 1.165) is 37.1 Å². The van der Waals surface area contributed by atoms with Gasteiger partial charge in [-0.3, -0.25) is 14.5 Å². The molecular weight excluding hydrogens is 290 g/mol. The second kappa shape index (κ2) is 6.71. The zero-order valence-corrected chi connectivity index (χ0v) is 13.9. The van der Waals surface area contributed by atoms with E-state index in [1.54, 1.807) is 0 Å². The molecule has 0 spiro atoms. The fraction of sp³-hybridized carbons (Fsp3) is 0.556. The number of benzene rings is 1. The maximum atomic E-state index is 12.6. The molecule has 124 valence electrons. The lowest BCUT2D eigenvalue weighted by atomic mass is 10.1. The largest absolute Gasteiger partial charge is 0.352 e. The quantitative estimate of drug-likeness (QED) is 0.914. The number of hydrogen-bond acceptors (Lipinski definition) is 3. The Bertz CT molecular complexity index is 590. The predicted molar refractivity (Wildman–Crippen MR) is 89.3 cm³/mol. The summed E-state index contributed by atoms with van der Waals surface area (Å²) < 4.78 is 0. The molecule has 2 fully saturated rings. The number of carbonyl (C=O) groups excluding carboxylic acids is 2. The summed E-state index contributed by atoms with van der Waals surface area (Å²) in [5, 5.41) is 3.06. The Morgan fingerprint density at radius 3 is 2.39 bits per heavy atom. The fourth-order valence-electron chi connectivity index (χ4n) is 3.01. The summed E-state index contributed by atoms with van der Waals surface area (Å²) in [6.45, 7) is 6.76. The number of aryl methyl sites for hydroxylation is 1. The lowest BCUT2D eigenvalue weighted by Crippen LogP contribution is -2.55. The topological polar surface area (TPSA) is 52.7 Å². The third-order valence-electron chi connectivity index (χ3n) is 4.83. The molecule has 0 radical (unpaired) electrons. The zero-order valence-electron chi connectivity index (χ0n) is 13.9. The number of nitrogens with one attached hydrogen (secondary N) is 1. The summed E-state index contributed by atoms with van der Waals surface area (Å²) in [6.07, 6.45) is 2.22. The van der Waals surface area contributed by atoms with Gasteiger partial charge in [0.1, 0.15) is 0 Å². The number of carbonyl (C=O) groups is 2. The van der Waals surface area contributed by atoms with Gasteiger partial charge in [0.15, 0.2) is 0 Å². The van der Waals surface area contributed by atoms with Crippen LogP contribution in [0.4, 0.5) is 0 Å². The Hall–Kier alpha value is -1.88. The smallest absolute Gasteiger partial charge is 0.254 e. The van der Waals surface area contributed by atoms with E-state index in [1.165, 1.54) is 0 Å². The maximum absolute atomic E-state index is 12.6. The van der Waals surface area contributed by atoms with Gasteiger partial charge in [0.25, 0.3) is 5.91 Å². The number of hydrogen-bond donors (Lipinski definition) is 1. The van der Waals surface area contributed by atoms with E-state index >= 15 is 0 Å². The number of amides is 2. The summed E-state index contributed by atoms with van der Waals surface area (Å²) in [7, 11) is 0. The normalized spacial score (nSPS) is 20.2. The van der Waals surface area contributed by atoms with E-state index in [9.17, 15) is 9.59 Å². The SMILES string of the molecule is Cc1ccccc1C(=O)N1CCN(C(C)C(=O)NC2CC2)CC1. The lowest BCUT2D eigenvalue weighted by molar-refractivity contribution is -0.126. The van der Waals surface area contributed by atoms with Crippen LogP contribution in [-0.4, -0.2) is 59.9 Å². The molecule has 0 bridgehead atoms. The standard InChI is InChI=1S/C18H25N3O2/c1-13-5-3-4-6-16(13)18(23)21-11-9-20(10-12-21)14(2)17(22)19-15-7-8-15/h3-6,14-15H,7-12H2,1-2H3,(H,19,22). The second-order valence-electron chi connectivity index (χ2n) is 6.60. The highest BCUT2D eigenvalue weighted by atomic mass is 16.2. The van der Waals surface area contributed by atoms with Gasteiger partial charge in [0.2, 0.25) is 5.91 Å². The van der Waals surface area contributed by atoms with Crippen LogP contribution in [0.15, 0.2) is 24.3 Å². The van der Waals surface area contributed by atoms with Gasteiger partial charge in [0, 0.05) is 37.8 Å². The van der Waals surface area contributed by atoms with Crippen molar-refractivity contribution in [3.63, 3.8) is 0 Å². The molecule has 23 heavy (non-hydrogen) atoms. The monoisotopic (exact) mass is 315 g/mol. The van der Waals surface area contributed by atoms with E-state index < -0.39 is 0 Å². The highest BCUT2D eigenvalue weighted by Gasteiger charge is 2.31. The van der Waals surface area contributed by atoms with Crippen molar-refractivity contribution in [2.75, 3.05) is 26.2 Å². The van der Waals surface area contributed by atoms with Crippen molar-refractivity contribution in [1.82, 2.24) is 15.1 Å². The average molecular weight is 315 g/mol. The first kappa shape index (κ1) is 16.0. The maximum Gasteiger partial charge on any atom is 0.254 e. The van der Waals surface area contributed by atoms with Crippen LogP contribution < -0.4 is 5.32 Å². The zero-order chi connectivity index (χ0) is 16.4. The molecule has 1 unspecified atom stereocenters. The summed E-state index contributed by atoms with van der Waals surface area (Å²) in [5.74, 6) is 0.212. The van der Waals surface area contributed by atoms with E-state index in [2.05, 4.69) is 10.2 Å². The molecule has 1 aromatic carbocycles. The molecule has 0 aromatic heterocycles. The molecule has 1 saturated heterocycles. The fourth-order valence-corrected chi connectivity index (χ4v) is 3.01. The van der Waals surface area contributed by atoms with Gasteiger partial charge < -0.3 is 10.2 Å².